The minimum atomic E-state index is -0.192. The molecule has 32 heavy (non-hydrogen) atoms. The van der Waals surface area contributed by atoms with Gasteiger partial charge in [0, 0.05) is 44.8 Å². The normalized spacial score (nSPS) is 20.1. The number of guanidine groups is 1. The Hall–Kier alpha value is -1.59. The van der Waals surface area contributed by atoms with E-state index in [1.165, 1.54) is 0 Å². The standard InChI is InChI=1S/C22H33ClN6O2.HI/c1-25-22(26-9-3-11-27-10-2-4-18(15-27)21(24)31)29-13-12-28(20(30)16-29)14-17-5-7-19(23)8-6-17;/h5-8,18H,2-4,9-16H2,1H3,(H2,24,31)(H,25,26);1H. The highest BCUT2D eigenvalue weighted by Gasteiger charge is 2.26. The van der Waals surface area contributed by atoms with Gasteiger partial charge in [0.25, 0.3) is 0 Å². The summed E-state index contributed by atoms with van der Waals surface area (Å²) < 4.78 is 0. The second-order valence-electron chi connectivity index (χ2n) is 8.23. The Morgan fingerprint density at radius 2 is 2.00 bits per heavy atom. The Labute approximate surface area is 212 Å². The number of aliphatic imine (C=N–C) groups is 1. The van der Waals surface area contributed by atoms with Crippen molar-refractivity contribution in [2.45, 2.75) is 25.8 Å². The van der Waals surface area contributed by atoms with Crippen molar-refractivity contribution in [2.24, 2.45) is 16.6 Å². The SMILES string of the molecule is CN=C(NCCCN1CCCC(C(N)=O)C1)N1CCN(Cc2ccc(Cl)cc2)C(=O)C1.I. The number of piperazine rings is 1. The highest BCUT2D eigenvalue weighted by atomic mass is 127. The van der Waals surface area contributed by atoms with Gasteiger partial charge in [-0.25, -0.2) is 0 Å². The minimum absolute atomic E-state index is 0. The average Bonchev–Trinajstić information content (AvgIpc) is 2.77. The predicted octanol–water partition coefficient (Wildman–Crippen LogP) is 1.77. The molecule has 0 bridgehead atoms. The quantitative estimate of drug-likeness (QED) is 0.223. The van der Waals surface area contributed by atoms with Crippen molar-refractivity contribution in [3.8, 4) is 0 Å². The van der Waals surface area contributed by atoms with Crippen LogP contribution in [0.5, 0.6) is 0 Å². The van der Waals surface area contributed by atoms with Gasteiger partial charge in [0.1, 0.15) is 0 Å². The maximum absolute atomic E-state index is 12.6. The highest BCUT2D eigenvalue weighted by Crippen LogP contribution is 2.16. The van der Waals surface area contributed by atoms with Gasteiger partial charge in [-0.2, -0.15) is 0 Å². The molecule has 178 valence electrons. The maximum Gasteiger partial charge on any atom is 0.242 e. The zero-order chi connectivity index (χ0) is 22.2. The van der Waals surface area contributed by atoms with Gasteiger partial charge in [-0.15, -0.1) is 24.0 Å². The first-order valence-electron chi connectivity index (χ1n) is 11.0. The molecule has 8 nitrogen and oxygen atoms in total. The summed E-state index contributed by atoms with van der Waals surface area (Å²) in [5, 5.41) is 4.07. The molecule has 2 aliphatic heterocycles. The summed E-state index contributed by atoms with van der Waals surface area (Å²) in [5.41, 5.74) is 6.53. The average molecular weight is 577 g/mol. The number of carbonyl (C=O) groups excluding carboxylic acids is 2. The summed E-state index contributed by atoms with van der Waals surface area (Å²) in [6.07, 6.45) is 2.86. The van der Waals surface area contributed by atoms with Crippen LogP contribution < -0.4 is 11.1 Å². The second-order valence-corrected chi connectivity index (χ2v) is 8.67. The lowest BCUT2D eigenvalue weighted by atomic mass is 9.97. The van der Waals surface area contributed by atoms with Crippen molar-refractivity contribution in [3.05, 3.63) is 34.9 Å². The van der Waals surface area contributed by atoms with Crippen molar-refractivity contribution < 1.29 is 9.59 Å². The van der Waals surface area contributed by atoms with E-state index in [1.807, 2.05) is 34.1 Å². The molecule has 1 aromatic carbocycles. The van der Waals surface area contributed by atoms with Crippen LogP contribution in [0.1, 0.15) is 24.8 Å². The van der Waals surface area contributed by atoms with Crippen LogP contribution in [0.15, 0.2) is 29.3 Å². The lowest BCUT2D eigenvalue weighted by Crippen LogP contribution is -2.55. The first kappa shape index (κ1) is 26.7. The number of nitrogens with two attached hydrogens (primary N) is 1. The molecule has 0 aromatic heterocycles. The summed E-state index contributed by atoms with van der Waals surface area (Å²) >= 11 is 5.94. The summed E-state index contributed by atoms with van der Waals surface area (Å²) in [4.78, 5) is 34.6. The van der Waals surface area contributed by atoms with E-state index < -0.39 is 0 Å². The molecule has 10 heteroatoms. The van der Waals surface area contributed by atoms with Gasteiger partial charge in [0.15, 0.2) is 5.96 Å². The monoisotopic (exact) mass is 576 g/mol. The number of amides is 2. The zero-order valence-corrected chi connectivity index (χ0v) is 21.7. The fraction of sp³-hybridized carbons (Fsp3) is 0.591. The number of nitrogens with zero attached hydrogens (tertiary/aromatic N) is 4. The number of halogens is 2. The van der Waals surface area contributed by atoms with Crippen LogP contribution in [0.3, 0.4) is 0 Å². The summed E-state index contributed by atoms with van der Waals surface area (Å²) in [5.74, 6) is 0.635. The van der Waals surface area contributed by atoms with E-state index in [4.69, 9.17) is 17.3 Å². The van der Waals surface area contributed by atoms with Gasteiger partial charge in [-0.1, -0.05) is 23.7 Å². The van der Waals surface area contributed by atoms with Crippen LogP contribution in [-0.2, 0) is 16.1 Å². The molecule has 2 saturated heterocycles. The fourth-order valence-corrected chi connectivity index (χ4v) is 4.32. The third-order valence-electron chi connectivity index (χ3n) is 5.96. The Morgan fingerprint density at radius 3 is 2.66 bits per heavy atom. The first-order chi connectivity index (χ1) is 15.0. The third kappa shape index (κ3) is 7.77. The van der Waals surface area contributed by atoms with E-state index in [2.05, 4.69) is 15.2 Å². The van der Waals surface area contributed by atoms with E-state index in [1.54, 1.807) is 7.05 Å². The number of benzene rings is 1. The summed E-state index contributed by atoms with van der Waals surface area (Å²) in [6.45, 7) is 5.77. The van der Waals surface area contributed by atoms with Crippen molar-refractivity contribution in [2.75, 3.05) is 52.9 Å². The van der Waals surface area contributed by atoms with Crippen molar-refractivity contribution in [3.63, 3.8) is 0 Å². The van der Waals surface area contributed by atoms with E-state index in [9.17, 15) is 9.59 Å². The molecule has 1 aromatic rings. The molecular formula is C22H34ClIN6O2. The fourth-order valence-electron chi connectivity index (χ4n) is 4.19. The van der Waals surface area contributed by atoms with E-state index in [0.29, 0.717) is 24.7 Å². The van der Waals surface area contributed by atoms with E-state index >= 15 is 0 Å². The van der Waals surface area contributed by atoms with E-state index in [0.717, 1.165) is 63.5 Å². The van der Waals surface area contributed by atoms with Gasteiger partial charge in [0.2, 0.25) is 11.8 Å². The van der Waals surface area contributed by atoms with Crippen LogP contribution in [0.25, 0.3) is 0 Å². The molecule has 2 heterocycles. The number of carbonyl (C=O) groups is 2. The molecule has 0 aliphatic carbocycles. The van der Waals surface area contributed by atoms with Crippen LogP contribution in [0.4, 0.5) is 0 Å². The smallest absolute Gasteiger partial charge is 0.242 e. The molecule has 0 radical (unpaired) electrons. The molecule has 3 N–H and O–H groups in total. The Kier molecular flexibility index (Phi) is 11.0. The number of hydrogen-bond donors (Lipinski definition) is 2. The van der Waals surface area contributed by atoms with Gasteiger partial charge < -0.3 is 25.8 Å². The molecule has 2 amide bonds. The summed E-state index contributed by atoms with van der Waals surface area (Å²) in [7, 11) is 1.75. The highest BCUT2D eigenvalue weighted by molar-refractivity contribution is 14.0. The number of nitrogens with one attached hydrogen (secondary N) is 1. The largest absolute Gasteiger partial charge is 0.369 e. The lowest BCUT2D eigenvalue weighted by Gasteiger charge is -2.36. The Morgan fingerprint density at radius 1 is 1.25 bits per heavy atom. The topological polar surface area (TPSA) is 94.3 Å². The predicted molar refractivity (Wildman–Crippen MR) is 138 cm³/mol. The third-order valence-corrected chi connectivity index (χ3v) is 6.21. The van der Waals surface area contributed by atoms with Crippen molar-refractivity contribution >= 4 is 53.4 Å². The molecule has 1 unspecified atom stereocenters. The number of hydrogen-bond acceptors (Lipinski definition) is 4. The molecule has 2 aliphatic rings. The van der Waals surface area contributed by atoms with Gasteiger partial charge >= 0.3 is 0 Å². The van der Waals surface area contributed by atoms with Crippen LogP contribution in [0, 0.1) is 5.92 Å². The van der Waals surface area contributed by atoms with Crippen LogP contribution in [-0.4, -0.2) is 85.3 Å². The zero-order valence-electron chi connectivity index (χ0n) is 18.6. The first-order valence-corrected chi connectivity index (χ1v) is 11.3. The van der Waals surface area contributed by atoms with Crippen molar-refractivity contribution in [1.82, 2.24) is 20.0 Å². The van der Waals surface area contributed by atoms with E-state index in [-0.39, 0.29) is 41.7 Å². The number of primary amides is 1. The maximum atomic E-state index is 12.6. The molecule has 3 rings (SSSR count). The minimum Gasteiger partial charge on any atom is -0.369 e. The molecule has 1 atom stereocenters. The number of likely N-dealkylation sites (tertiary alicyclic amines) is 1. The lowest BCUT2D eigenvalue weighted by molar-refractivity contribution is -0.135. The van der Waals surface area contributed by atoms with Crippen LogP contribution in [0.2, 0.25) is 5.02 Å². The van der Waals surface area contributed by atoms with Gasteiger partial charge in [0.05, 0.1) is 12.5 Å². The van der Waals surface area contributed by atoms with Crippen LogP contribution >= 0.6 is 35.6 Å². The molecular weight excluding hydrogens is 543 g/mol. The molecule has 0 spiro atoms. The van der Waals surface area contributed by atoms with Gasteiger partial charge in [-0.3, -0.25) is 14.6 Å². The number of rotatable bonds is 7. The van der Waals surface area contributed by atoms with Gasteiger partial charge in [-0.05, 0) is 50.0 Å². The second kappa shape index (κ2) is 13.2. The van der Waals surface area contributed by atoms with Crippen molar-refractivity contribution in [1.29, 1.82) is 0 Å². The Bertz CT molecular complexity index is 791. The number of piperidine rings is 1. The molecule has 0 saturated carbocycles. The summed E-state index contributed by atoms with van der Waals surface area (Å²) in [6, 6.07) is 7.61. The molecule has 2 fully saturated rings. The Balaban J connectivity index is 0.00000363.